The summed E-state index contributed by atoms with van der Waals surface area (Å²) in [5.41, 5.74) is 1.92. The molecule has 0 saturated heterocycles. The van der Waals surface area contributed by atoms with Gasteiger partial charge in [0.1, 0.15) is 5.75 Å². The Balaban J connectivity index is 1.75. The van der Waals surface area contributed by atoms with Crippen LogP contribution in [0.5, 0.6) is 5.75 Å². The Bertz CT molecular complexity index is 655. The summed E-state index contributed by atoms with van der Waals surface area (Å²) in [6, 6.07) is 10.5. The highest BCUT2D eigenvalue weighted by atomic mass is 32.1. The van der Waals surface area contributed by atoms with Gasteiger partial charge in [-0.25, -0.2) is 0 Å². The molecule has 0 saturated carbocycles. The second kappa shape index (κ2) is 6.50. The SMILES string of the molecule is CCC(NCc1cccs1)c1ccc2c(c1)NC(=O)C(C)O2. The van der Waals surface area contributed by atoms with E-state index in [1.54, 1.807) is 18.3 Å². The fourth-order valence-electron chi connectivity index (χ4n) is 2.58. The average molecular weight is 316 g/mol. The van der Waals surface area contributed by atoms with Crippen LogP contribution < -0.4 is 15.4 Å². The van der Waals surface area contributed by atoms with Gasteiger partial charge in [0, 0.05) is 17.5 Å². The number of nitrogens with one attached hydrogen (secondary N) is 2. The normalized spacial score (nSPS) is 18.3. The second-order valence-corrected chi connectivity index (χ2v) is 6.46. The van der Waals surface area contributed by atoms with Crippen molar-refractivity contribution in [2.24, 2.45) is 0 Å². The monoisotopic (exact) mass is 316 g/mol. The van der Waals surface area contributed by atoms with E-state index in [-0.39, 0.29) is 11.9 Å². The first-order valence-electron chi connectivity index (χ1n) is 7.54. The number of carbonyl (C=O) groups excluding carboxylic acids is 1. The minimum absolute atomic E-state index is 0.0933. The van der Waals surface area contributed by atoms with Gasteiger partial charge in [-0.05, 0) is 42.5 Å². The molecule has 2 atom stereocenters. The molecule has 0 spiro atoms. The molecule has 22 heavy (non-hydrogen) atoms. The Kier molecular flexibility index (Phi) is 4.45. The van der Waals surface area contributed by atoms with E-state index in [0.29, 0.717) is 0 Å². The number of anilines is 1. The van der Waals surface area contributed by atoms with Gasteiger partial charge in [0.15, 0.2) is 6.10 Å². The second-order valence-electron chi connectivity index (χ2n) is 5.43. The number of fused-ring (bicyclic) bond motifs is 1. The van der Waals surface area contributed by atoms with Gasteiger partial charge >= 0.3 is 0 Å². The standard InChI is InChI=1S/C17H20N2O2S/c1-3-14(18-10-13-5-4-8-22-13)12-6-7-16-15(9-12)19-17(20)11(2)21-16/h4-9,11,14,18H,3,10H2,1-2H3,(H,19,20). The lowest BCUT2D eigenvalue weighted by atomic mass is 10.0. The summed E-state index contributed by atoms with van der Waals surface area (Å²) in [4.78, 5) is 13.1. The van der Waals surface area contributed by atoms with Gasteiger partial charge in [0.25, 0.3) is 5.91 Å². The van der Waals surface area contributed by atoms with Crippen molar-refractivity contribution in [3.05, 3.63) is 46.2 Å². The Morgan fingerprint density at radius 1 is 1.41 bits per heavy atom. The molecule has 1 aliphatic rings. The summed E-state index contributed by atoms with van der Waals surface area (Å²) in [7, 11) is 0. The van der Waals surface area contributed by atoms with Gasteiger partial charge < -0.3 is 15.4 Å². The Morgan fingerprint density at radius 3 is 3.00 bits per heavy atom. The van der Waals surface area contributed by atoms with Crippen LogP contribution in [0.4, 0.5) is 5.69 Å². The van der Waals surface area contributed by atoms with Crippen molar-refractivity contribution in [1.82, 2.24) is 5.32 Å². The van der Waals surface area contributed by atoms with Crippen LogP contribution in [0.2, 0.25) is 0 Å². The molecule has 1 aromatic carbocycles. The van der Waals surface area contributed by atoms with Crippen LogP contribution >= 0.6 is 11.3 Å². The third-order valence-electron chi connectivity index (χ3n) is 3.85. The summed E-state index contributed by atoms with van der Waals surface area (Å²) in [6.07, 6.45) is 0.548. The van der Waals surface area contributed by atoms with E-state index >= 15 is 0 Å². The van der Waals surface area contributed by atoms with Crippen LogP contribution in [-0.4, -0.2) is 12.0 Å². The number of carbonyl (C=O) groups is 1. The third kappa shape index (κ3) is 3.15. The van der Waals surface area contributed by atoms with Gasteiger partial charge in [-0.1, -0.05) is 19.1 Å². The van der Waals surface area contributed by atoms with Crippen LogP contribution in [-0.2, 0) is 11.3 Å². The van der Waals surface area contributed by atoms with E-state index in [0.717, 1.165) is 30.0 Å². The molecule has 2 unspecified atom stereocenters. The van der Waals surface area contributed by atoms with Crippen molar-refractivity contribution in [3.8, 4) is 5.75 Å². The van der Waals surface area contributed by atoms with Gasteiger partial charge in [-0.3, -0.25) is 4.79 Å². The lowest BCUT2D eigenvalue weighted by molar-refractivity contribution is -0.122. The fourth-order valence-corrected chi connectivity index (χ4v) is 3.23. The number of hydrogen-bond acceptors (Lipinski definition) is 4. The van der Waals surface area contributed by atoms with Crippen LogP contribution in [0.15, 0.2) is 35.7 Å². The number of thiophene rings is 1. The molecular weight excluding hydrogens is 296 g/mol. The number of hydrogen-bond donors (Lipinski definition) is 2. The average Bonchev–Trinajstić information content (AvgIpc) is 3.02. The molecule has 0 radical (unpaired) electrons. The summed E-state index contributed by atoms with van der Waals surface area (Å²) in [5, 5.41) is 8.57. The van der Waals surface area contributed by atoms with Crippen molar-refractivity contribution in [1.29, 1.82) is 0 Å². The first kappa shape index (κ1) is 15.1. The van der Waals surface area contributed by atoms with Crippen LogP contribution in [0, 0.1) is 0 Å². The molecule has 2 N–H and O–H groups in total. The number of amides is 1. The van der Waals surface area contributed by atoms with Crippen molar-refractivity contribution >= 4 is 22.9 Å². The molecule has 0 fully saturated rings. The van der Waals surface area contributed by atoms with E-state index in [2.05, 4.69) is 41.1 Å². The zero-order valence-electron chi connectivity index (χ0n) is 12.8. The Morgan fingerprint density at radius 2 is 2.27 bits per heavy atom. The highest BCUT2D eigenvalue weighted by Crippen LogP contribution is 2.33. The van der Waals surface area contributed by atoms with Crippen molar-refractivity contribution < 1.29 is 9.53 Å². The highest BCUT2D eigenvalue weighted by molar-refractivity contribution is 7.09. The van der Waals surface area contributed by atoms with Gasteiger partial charge in [-0.15, -0.1) is 11.3 Å². The molecule has 116 valence electrons. The predicted octanol–water partition coefficient (Wildman–Crippen LogP) is 3.71. The maximum Gasteiger partial charge on any atom is 0.265 e. The van der Waals surface area contributed by atoms with Crippen LogP contribution in [0.3, 0.4) is 0 Å². The van der Waals surface area contributed by atoms with Crippen LogP contribution in [0.1, 0.15) is 36.8 Å². The molecule has 3 rings (SSSR count). The number of ether oxygens (including phenoxy) is 1. The lowest BCUT2D eigenvalue weighted by Crippen LogP contribution is -2.34. The van der Waals surface area contributed by atoms with E-state index in [1.165, 1.54) is 4.88 Å². The van der Waals surface area contributed by atoms with Crippen molar-refractivity contribution in [2.45, 2.75) is 39.0 Å². The number of rotatable bonds is 5. The minimum Gasteiger partial charge on any atom is -0.479 e. The first-order valence-corrected chi connectivity index (χ1v) is 8.42. The molecule has 1 amide bonds. The molecule has 0 aliphatic carbocycles. The third-order valence-corrected chi connectivity index (χ3v) is 4.72. The Hall–Kier alpha value is -1.85. The summed E-state index contributed by atoms with van der Waals surface area (Å²) in [5.74, 6) is 0.646. The first-order chi connectivity index (χ1) is 10.7. The smallest absolute Gasteiger partial charge is 0.265 e. The molecular formula is C17H20N2O2S. The van der Waals surface area contributed by atoms with Crippen molar-refractivity contribution in [2.75, 3.05) is 5.32 Å². The lowest BCUT2D eigenvalue weighted by Gasteiger charge is -2.25. The molecule has 2 heterocycles. The van der Waals surface area contributed by atoms with E-state index in [1.807, 2.05) is 12.1 Å². The predicted molar refractivity (Wildman–Crippen MR) is 89.4 cm³/mol. The largest absolute Gasteiger partial charge is 0.479 e. The molecule has 1 aliphatic heterocycles. The van der Waals surface area contributed by atoms with E-state index in [4.69, 9.17) is 4.74 Å². The van der Waals surface area contributed by atoms with Crippen molar-refractivity contribution in [3.63, 3.8) is 0 Å². The molecule has 4 nitrogen and oxygen atoms in total. The summed E-state index contributed by atoms with van der Waals surface area (Å²) < 4.78 is 5.60. The zero-order chi connectivity index (χ0) is 15.5. The number of benzene rings is 1. The zero-order valence-corrected chi connectivity index (χ0v) is 13.6. The van der Waals surface area contributed by atoms with E-state index < -0.39 is 6.10 Å². The fraction of sp³-hybridized carbons (Fsp3) is 0.353. The summed E-state index contributed by atoms with van der Waals surface area (Å²) >= 11 is 1.75. The quantitative estimate of drug-likeness (QED) is 0.884. The molecule has 5 heteroatoms. The van der Waals surface area contributed by atoms with Gasteiger partial charge in [-0.2, -0.15) is 0 Å². The maximum atomic E-state index is 11.7. The minimum atomic E-state index is -0.433. The highest BCUT2D eigenvalue weighted by Gasteiger charge is 2.24. The van der Waals surface area contributed by atoms with E-state index in [9.17, 15) is 4.79 Å². The molecule has 1 aromatic heterocycles. The van der Waals surface area contributed by atoms with Crippen LogP contribution in [0.25, 0.3) is 0 Å². The molecule has 2 aromatic rings. The Labute approximate surface area is 134 Å². The topological polar surface area (TPSA) is 50.4 Å². The molecule has 0 bridgehead atoms. The van der Waals surface area contributed by atoms with Gasteiger partial charge in [0.2, 0.25) is 0 Å². The van der Waals surface area contributed by atoms with Gasteiger partial charge in [0.05, 0.1) is 5.69 Å². The summed E-state index contributed by atoms with van der Waals surface area (Å²) in [6.45, 7) is 4.76. The maximum absolute atomic E-state index is 11.7.